The molecule has 10 heteroatoms. The van der Waals surface area contributed by atoms with Gasteiger partial charge in [0, 0.05) is 23.8 Å². The highest BCUT2D eigenvalue weighted by atomic mass is 19.3. The second-order valence-electron chi connectivity index (χ2n) is 12.8. The molecule has 0 aliphatic heterocycles. The van der Waals surface area contributed by atoms with Gasteiger partial charge in [-0.25, -0.2) is 8.78 Å². The fraction of sp³-hybridized carbons (Fsp3) is 0.382. The number of hydrogen-bond donors (Lipinski definition) is 5. The first-order valence-corrected chi connectivity index (χ1v) is 14.2. The van der Waals surface area contributed by atoms with Crippen LogP contribution in [0.15, 0.2) is 65.1 Å². The molecule has 8 nitrogen and oxygen atoms in total. The van der Waals surface area contributed by atoms with Crippen molar-refractivity contribution in [1.82, 2.24) is 0 Å². The van der Waals surface area contributed by atoms with Crippen LogP contribution in [-0.2, 0) is 15.5 Å². The number of rotatable bonds is 4. The van der Waals surface area contributed by atoms with Gasteiger partial charge in [0.25, 0.3) is 5.92 Å². The summed E-state index contributed by atoms with van der Waals surface area (Å²) in [4.78, 5) is 40.7. The predicted molar refractivity (Wildman–Crippen MR) is 157 cm³/mol. The molecule has 44 heavy (non-hydrogen) atoms. The highest BCUT2D eigenvalue weighted by molar-refractivity contribution is 6.26. The smallest absolute Gasteiger partial charge is 0.270 e. The van der Waals surface area contributed by atoms with Crippen LogP contribution in [0.1, 0.15) is 68.6 Å². The molecule has 5 rings (SSSR count). The van der Waals surface area contributed by atoms with E-state index in [0.29, 0.717) is 5.56 Å². The number of aliphatic hydroxyl groups excluding tert-OH is 3. The minimum absolute atomic E-state index is 0.166. The number of carbonyl (C=O) groups excluding carboxylic acids is 3. The fourth-order valence-electron chi connectivity index (χ4n) is 7.75. The lowest BCUT2D eigenvalue weighted by atomic mass is 9.42. The zero-order valence-corrected chi connectivity index (χ0v) is 25.1. The van der Waals surface area contributed by atoms with Crippen molar-refractivity contribution in [1.29, 1.82) is 0 Å². The Morgan fingerprint density at radius 1 is 1.02 bits per heavy atom. The number of alkyl halides is 2. The van der Waals surface area contributed by atoms with E-state index in [1.165, 1.54) is 62.4 Å². The molecule has 0 heterocycles. The van der Waals surface area contributed by atoms with Gasteiger partial charge in [0.05, 0.1) is 22.7 Å². The summed E-state index contributed by atoms with van der Waals surface area (Å²) in [5, 5.41) is 58.8. The molecule has 2 aromatic carbocycles. The van der Waals surface area contributed by atoms with E-state index >= 15 is 0 Å². The topological polar surface area (TPSA) is 152 Å². The molecule has 2 aromatic rings. The van der Waals surface area contributed by atoms with Crippen LogP contribution in [0.3, 0.4) is 0 Å². The number of hydrogen-bond acceptors (Lipinski definition) is 8. The number of fused-ring (bicyclic) bond motifs is 3. The Hall–Kier alpha value is -4.15. The SMILES string of the molecule is CC(=O)C1=C(O)C(C(C)C)[C@@]2(C)[C@H](O)[C@]3(C)C(=C(O)[C@@]2(O)C1=O)C(=O)c1c(O)cccc1/C3=C\c1ccc(C(C)(F)F)cc1. The zero-order chi connectivity index (χ0) is 32.9. The maximum atomic E-state index is 14.2. The molecule has 0 radical (unpaired) electrons. The van der Waals surface area contributed by atoms with Gasteiger partial charge in [0.15, 0.2) is 17.2 Å². The van der Waals surface area contributed by atoms with Crippen molar-refractivity contribution in [2.24, 2.45) is 22.7 Å². The molecule has 0 fully saturated rings. The van der Waals surface area contributed by atoms with Gasteiger partial charge >= 0.3 is 0 Å². The Kier molecular flexibility index (Phi) is 6.88. The first-order chi connectivity index (χ1) is 20.3. The van der Waals surface area contributed by atoms with Gasteiger partial charge in [0.1, 0.15) is 22.8 Å². The molecule has 0 saturated carbocycles. The van der Waals surface area contributed by atoms with Crippen molar-refractivity contribution in [3.05, 3.63) is 87.4 Å². The zero-order valence-electron chi connectivity index (χ0n) is 25.1. The summed E-state index contributed by atoms with van der Waals surface area (Å²) < 4.78 is 27.9. The van der Waals surface area contributed by atoms with Gasteiger partial charge in [-0.15, -0.1) is 0 Å². The third-order valence-electron chi connectivity index (χ3n) is 9.84. The summed E-state index contributed by atoms with van der Waals surface area (Å²) in [7, 11) is 0. The number of phenolic OH excluding ortho intramolecular Hbond substituents is 1. The minimum atomic E-state index is -3.11. The Labute approximate surface area is 252 Å². The predicted octanol–water partition coefficient (Wildman–Crippen LogP) is 5.43. The molecule has 0 bridgehead atoms. The lowest BCUT2D eigenvalue weighted by Gasteiger charge is -2.62. The highest BCUT2D eigenvalue weighted by Gasteiger charge is 2.75. The van der Waals surface area contributed by atoms with E-state index in [2.05, 4.69) is 0 Å². The molecule has 5 atom stereocenters. The number of halogens is 2. The van der Waals surface area contributed by atoms with Crippen molar-refractivity contribution in [3.63, 3.8) is 0 Å². The molecule has 0 amide bonds. The van der Waals surface area contributed by atoms with Gasteiger partial charge in [-0.3, -0.25) is 14.4 Å². The summed E-state index contributed by atoms with van der Waals surface area (Å²) in [6, 6.07) is 9.48. The number of carbonyl (C=O) groups is 3. The van der Waals surface area contributed by atoms with E-state index < -0.39 is 86.1 Å². The van der Waals surface area contributed by atoms with Crippen LogP contribution in [0.4, 0.5) is 8.78 Å². The maximum absolute atomic E-state index is 14.2. The highest BCUT2D eigenvalue weighted by Crippen LogP contribution is 2.67. The molecular formula is C34H34F2O8. The van der Waals surface area contributed by atoms with E-state index in [-0.39, 0.29) is 22.3 Å². The first kappa shape index (κ1) is 31.3. The Morgan fingerprint density at radius 2 is 1.61 bits per heavy atom. The Balaban J connectivity index is 1.91. The normalized spacial score (nSPS) is 31.3. The molecule has 1 unspecified atom stereocenters. The average Bonchev–Trinajstić information content (AvgIpc) is 2.92. The van der Waals surface area contributed by atoms with Crippen molar-refractivity contribution in [3.8, 4) is 5.75 Å². The second kappa shape index (κ2) is 9.67. The van der Waals surface area contributed by atoms with Gasteiger partial charge in [-0.05, 0) is 42.5 Å². The van der Waals surface area contributed by atoms with E-state index in [9.17, 15) is 48.7 Å². The Bertz CT molecular complexity index is 1730. The van der Waals surface area contributed by atoms with Crippen molar-refractivity contribution >= 4 is 29.0 Å². The molecule has 232 valence electrons. The third kappa shape index (κ3) is 3.76. The number of phenols is 1. The number of benzene rings is 2. The van der Waals surface area contributed by atoms with Crippen LogP contribution < -0.4 is 0 Å². The number of allylic oxidation sites excluding steroid dienone is 1. The number of aliphatic hydroxyl groups is 4. The van der Waals surface area contributed by atoms with Crippen molar-refractivity contribution in [2.45, 2.75) is 59.2 Å². The summed E-state index contributed by atoms with van der Waals surface area (Å²) in [5.74, 6) is -10.4. The lowest BCUT2D eigenvalue weighted by Crippen LogP contribution is -2.73. The summed E-state index contributed by atoms with van der Waals surface area (Å²) in [6.07, 6.45) is -0.360. The van der Waals surface area contributed by atoms with Crippen LogP contribution in [0.2, 0.25) is 0 Å². The summed E-state index contributed by atoms with van der Waals surface area (Å²) >= 11 is 0. The molecule has 5 N–H and O–H groups in total. The fourth-order valence-corrected chi connectivity index (χ4v) is 7.75. The third-order valence-corrected chi connectivity index (χ3v) is 9.84. The van der Waals surface area contributed by atoms with E-state index in [4.69, 9.17) is 0 Å². The molecule has 0 saturated heterocycles. The van der Waals surface area contributed by atoms with E-state index in [0.717, 1.165) is 13.8 Å². The second-order valence-corrected chi connectivity index (χ2v) is 12.8. The van der Waals surface area contributed by atoms with Gasteiger partial charge in [-0.1, -0.05) is 63.2 Å². The quantitative estimate of drug-likeness (QED) is 0.288. The summed E-state index contributed by atoms with van der Waals surface area (Å²) in [5.41, 5.74) is -8.17. The maximum Gasteiger partial charge on any atom is 0.270 e. The molecule has 3 aliphatic carbocycles. The van der Waals surface area contributed by atoms with Crippen LogP contribution in [-0.4, -0.2) is 54.6 Å². The molecular weight excluding hydrogens is 574 g/mol. The van der Waals surface area contributed by atoms with Crippen molar-refractivity contribution in [2.75, 3.05) is 0 Å². The molecule has 0 spiro atoms. The average molecular weight is 609 g/mol. The Morgan fingerprint density at radius 3 is 2.14 bits per heavy atom. The van der Waals surface area contributed by atoms with Crippen LogP contribution >= 0.6 is 0 Å². The van der Waals surface area contributed by atoms with Gasteiger partial charge in [-0.2, -0.15) is 0 Å². The largest absolute Gasteiger partial charge is 0.511 e. The number of Topliss-reactive ketones (excluding diaryl/α,β-unsaturated/α-hetero) is 3. The van der Waals surface area contributed by atoms with Gasteiger partial charge < -0.3 is 25.5 Å². The number of aromatic hydroxyl groups is 1. The number of ketones is 3. The lowest BCUT2D eigenvalue weighted by molar-refractivity contribution is -0.202. The van der Waals surface area contributed by atoms with Crippen LogP contribution in [0, 0.1) is 22.7 Å². The minimum Gasteiger partial charge on any atom is -0.511 e. The standard InChI is InChI=1S/C34H34F2O8/c1-15(2)24-26(39)22(16(3)37)28(41)34(44)29(42)25-27(40)23-19(8-7-9-21(23)38)20(31(25,4)30(43)32(24,34)5)14-17-10-12-18(13-11-17)33(6,35)36/h7-15,24,30,38-39,42-44H,1-6H3/b20-14+/t24?,30-,31+,32+,34+/m1/s1. The summed E-state index contributed by atoms with van der Waals surface area (Å²) in [6.45, 7) is 7.80. The molecule has 0 aromatic heterocycles. The molecule has 3 aliphatic rings. The van der Waals surface area contributed by atoms with E-state index in [1.807, 2.05) is 0 Å². The van der Waals surface area contributed by atoms with Crippen molar-refractivity contribution < 1.29 is 48.7 Å². The monoisotopic (exact) mass is 608 g/mol. The first-order valence-electron chi connectivity index (χ1n) is 14.2. The van der Waals surface area contributed by atoms with Gasteiger partial charge in [0.2, 0.25) is 5.78 Å². The van der Waals surface area contributed by atoms with E-state index in [1.54, 1.807) is 13.8 Å². The van der Waals surface area contributed by atoms with Crippen LogP contribution in [0.25, 0.3) is 11.6 Å². The van der Waals surface area contributed by atoms with Crippen LogP contribution in [0.5, 0.6) is 5.75 Å².